The number of rotatable bonds is 2. The van der Waals surface area contributed by atoms with Crippen molar-refractivity contribution >= 4 is 62.3 Å². The average Bonchev–Trinajstić information content (AvgIpc) is 2.35. The van der Waals surface area contributed by atoms with Gasteiger partial charge in [0, 0.05) is 10.4 Å². The molecule has 18 heavy (non-hydrogen) atoms. The zero-order valence-electron chi connectivity index (χ0n) is 8.98. The second-order valence-corrected chi connectivity index (χ2v) is 5.81. The van der Waals surface area contributed by atoms with Crippen LogP contribution < -0.4 is 0 Å². The Morgan fingerprint density at radius 2 is 1.50 bits per heavy atom. The van der Waals surface area contributed by atoms with Crippen LogP contribution in [0.15, 0.2) is 30.3 Å². The molecule has 2 rings (SSSR count). The molecule has 0 fully saturated rings. The molecule has 0 aliphatic carbocycles. The quantitative estimate of drug-likeness (QED) is 0.391. The number of hydrogen-bond donors (Lipinski definition) is 0. The van der Waals surface area contributed by atoms with Crippen LogP contribution in [0.25, 0.3) is 11.1 Å². The standard InChI is InChI=1S/C13H7BrCl4/c14-6-9-8(2-1-3-10(9)15)7-4-11(16)13(18)12(17)5-7/h1-5H,6H2. The van der Waals surface area contributed by atoms with E-state index in [0.29, 0.717) is 25.4 Å². The van der Waals surface area contributed by atoms with Crippen LogP contribution in [0.3, 0.4) is 0 Å². The van der Waals surface area contributed by atoms with Gasteiger partial charge >= 0.3 is 0 Å². The molecule has 5 heteroatoms. The fraction of sp³-hybridized carbons (Fsp3) is 0.0769. The molecule has 0 heterocycles. The molecule has 0 saturated heterocycles. The Labute approximate surface area is 134 Å². The number of hydrogen-bond acceptors (Lipinski definition) is 0. The molecule has 0 saturated carbocycles. The van der Waals surface area contributed by atoms with E-state index in [0.717, 1.165) is 16.7 Å². The maximum atomic E-state index is 6.17. The SMILES string of the molecule is Clc1cc(-c2cccc(Cl)c2CBr)cc(Cl)c1Cl. The molecule has 0 bridgehead atoms. The highest BCUT2D eigenvalue weighted by Crippen LogP contribution is 2.38. The van der Waals surface area contributed by atoms with Crippen molar-refractivity contribution in [1.82, 2.24) is 0 Å². The minimum Gasteiger partial charge on any atom is -0.0875 e. The van der Waals surface area contributed by atoms with Gasteiger partial charge in [-0.2, -0.15) is 0 Å². The summed E-state index contributed by atoms with van der Waals surface area (Å²) in [4.78, 5) is 0. The van der Waals surface area contributed by atoms with Gasteiger partial charge in [-0.15, -0.1) is 0 Å². The Morgan fingerprint density at radius 3 is 2.06 bits per heavy atom. The summed E-state index contributed by atoms with van der Waals surface area (Å²) in [7, 11) is 0. The van der Waals surface area contributed by atoms with E-state index in [2.05, 4.69) is 15.9 Å². The minimum atomic E-state index is 0.365. The van der Waals surface area contributed by atoms with Crippen molar-refractivity contribution in [3.63, 3.8) is 0 Å². The van der Waals surface area contributed by atoms with Crippen LogP contribution in [0, 0.1) is 0 Å². The van der Waals surface area contributed by atoms with E-state index in [-0.39, 0.29) is 0 Å². The fourth-order valence-electron chi connectivity index (χ4n) is 1.68. The van der Waals surface area contributed by atoms with Crippen LogP contribution >= 0.6 is 62.3 Å². The predicted molar refractivity (Wildman–Crippen MR) is 84.5 cm³/mol. The summed E-state index contributed by atoms with van der Waals surface area (Å²) in [6.07, 6.45) is 0. The van der Waals surface area contributed by atoms with Gasteiger partial charge in [0.15, 0.2) is 0 Å². The Kier molecular flexibility index (Phi) is 4.85. The van der Waals surface area contributed by atoms with E-state index in [1.165, 1.54) is 0 Å². The average molecular weight is 385 g/mol. The largest absolute Gasteiger partial charge is 0.0875 e. The van der Waals surface area contributed by atoms with Gasteiger partial charge in [-0.1, -0.05) is 74.5 Å². The molecule has 0 spiro atoms. The van der Waals surface area contributed by atoms with E-state index < -0.39 is 0 Å². The molecule has 0 aliphatic rings. The lowest BCUT2D eigenvalue weighted by molar-refractivity contribution is 1.43. The third-order valence-corrected chi connectivity index (χ3v) is 4.66. The smallest absolute Gasteiger partial charge is 0.0778 e. The fourth-order valence-corrected chi connectivity index (χ4v) is 3.28. The molecule has 0 aromatic heterocycles. The summed E-state index contributed by atoms with van der Waals surface area (Å²) in [5, 5.41) is 2.58. The van der Waals surface area contributed by atoms with Crippen LogP contribution in [0.1, 0.15) is 5.56 Å². The predicted octanol–water partition coefficient (Wildman–Crippen LogP) is 6.86. The molecule has 0 unspecified atom stereocenters. The second-order valence-electron chi connectivity index (χ2n) is 3.65. The van der Waals surface area contributed by atoms with E-state index in [4.69, 9.17) is 46.4 Å². The first kappa shape index (κ1) is 14.5. The molecule has 0 atom stereocenters. The van der Waals surface area contributed by atoms with E-state index >= 15 is 0 Å². The molecular formula is C13H7BrCl4. The Bertz CT molecular complexity index is 573. The summed E-state index contributed by atoms with van der Waals surface area (Å²) >= 11 is 27.6. The third kappa shape index (κ3) is 2.81. The van der Waals surface area contributed by atoms with E-state index in [1.54, 1.807) is 12.1 Å². The first-order valence-corrected chi connectivity index (χ1v) is 7.66. The highest BCUT2D eigenvalue weighted by atomic mass is 79.9. The van der Waals surface area contributed by atoms with Gasteiger partial charge in [0.1, 0.15) is 0 Å². The second kappa shape index (κ2) is 6.02. The Hall–Kier alpha value is 0.0800. The first-order valence-electron chi connectivity index (χ1n) is 5.03. The highest BCUT2D eigenvalue weighted by molar-refractivity contribution is 9.08. The summed E-state index contributed by atoms with van der Waals surface area (Å²) in [6.45, 7) is 0. The van der Waals surface area contributed by atoms with Crippen LogP contribution in [0.5, 0.6) is 0 Å². The van der Waals surface area contributed by atoms with Crippen molar-refractivity contribution in [2.75, 3.05) is 0 Å². The zero-order valence-corrected chi connectivity index (χ0v) is 13.6. The van der Waals surface area contributed by atoms with Gasteiger partial charge in [0.05, 0.1) is 15.1 Å². The highest BCUT2D eigenvalue weighted by Gasteiger charge is 2.12. The lowest BCUT2D eigenvalue weighted by atomic mass is 10.0. The molecule has 94 valence electrons. The zero-order chi connectivity index (χ0) is 13.3. The van der Waals surface area contributed by atoms with Crippen molar-refractivity contribution in [2.24, 2.45) is 0 Å². The van der Waals surface area contributed by atoms with Crippen molar-refractivity contribution < 1.29 is 0 Å². The van der Waals surface area contributed by atoms with Crippen molar-refractivity contribution in [1.29, 1.82) is 0 Å². The summed E-state index contributed by atoms with van der Waals surface area (Å²) < 4.78 is 0. The van der Waals surface area contributed by atoms with Crippen LogP contribution in [0.4, 0.5) is 0 Å². The van der Waals surface area contributed by atoms with Gasteiger partial charge in [0.25, 0.3) is 0 Å². The summed E-state index contributed by atoms with van der Waals surface area (Å²) in [5.74, 6) is 0. The molecular weight excluding hydrogens is 378 g/mol. The summed E-state index contributed by atoms with van der Waals surface area (Å²) in [5.41, 5.74) is 2.87. The van der Waals surface area contributed by atoms with E-state index in [9.17, 15) is 0 Å². The molecule has 2 aromatic carbocycles. The van der Waals surface area contributed by atoms with Crippen LogP contribution in [-0.2, 0) is 5.33 Å². The molecule has 0 nitrogen and oxygen atoms in total. The Morgan fingerprint density at radius 1 is 0.889 bits per heavy atom. The maximum absolute atomic E-state index is 6.17. The molecule has 0 radical (unpaired) electrons. The number of halogens is 5. The first-order chi connectivity index (χ1) is 8.54. The van der Waals surface area contributed by atoms with Gasteiger partial charge in [0.2, 0.25) is 0 Å². The third-order valence-electron chi connectivity index (χ3n) is 2.55. The van der Waals surface area contributed by atoms with Gasteiger partial charge in [-0.25, -0.2) is 0 Å². The topological polar surface area (TPSA) is 0 Å². The van der Waals surface area contributed by atoms with E-state index in [1.807, 2.05) is 18.2 Å². The van der Waals surface area contributed by atoms with Crippen LogP contribution in [-0.4, -0.2) is 0 Å². The molecule has 0 N–H and O–H groups in total. The molecule has 0 amide bonds. The van der Waals surface area contributed by atoms with Gasteiger partial charge < -0.3 is 0 Å². The van der Waals surface area contributed by atoms with Gasteiger partial charge in [-0.05, 0) is 34.9 Å². The number of benzene rings is 2. The maximum Gasteiger partial charge on any atom is 0.0778 e. The molecule has 0 aliphatic heterocycles. The Balaban J connectivity index is 2.66. The van der Waals surface area contributed by atoms with Gasteiger partial charge in [-0.3, -0.25) is 0 Å². The van der Waals surface area contributed by atoms with Crippen molar-refractivity contribution in [2.45, 2.75) is 5.33 Å². The normalized spacial score (nSPS) is 10.7. The number of alkyl halides is 1. The monoisotopic (exact) mass is 382 g/mol. The summed E-state index contributed by atoms with van der Waals surface area (Å²) in [6, 6.07) is 9.28. The van der Waals surface area contributed by atoms with Crippen molar-refractivity contribution in [3.05, 3.63) is 56.0 Å². The van der Waals surface area contributed by atoms with Crippen LogP contribution in [0.2, 0.25) is 20.1 Å². The minimum absolute atomic E-state index is 0.365. The molecule has 2 aromatic rings. The van der Waals surface area contributed by atoms with Crippen molar-refractivity contribution in [3.8, 4) is 11.1 Å². The lowest BCUT2D eigenvalue weighted by Crippen LogP contribution is -1.88. The lowest BCUT2D eigenvalue weighted by Gasteiger charge is -2.11.